The van der Waals surface area contributed by atoms with Crippen LogP contribution >= 0.6 is 0 Å². The van der Waals surface area contributed by atoms with Crippen molar-refractivity contribution >= 4 is 11.6 Å². The minimum absolute atomic E-state index is 0.156. The van der Waals surface area contributed by atoms with Gasteiger partial charge in [-0.15, -0.1) is 0 Å². The zero-order chi connectivity index (χ0) is 19.1. The number of para-hydroxylation sites is 2. The molecule has 3 rings (SSSR count). The van der Waals surface area contributed by atoms with Gasteiger partial charge in [-0.3, -0.25) is 4.79 Å². The number of aromatic nitrogens is 2. The molecule has 1 aromatic heterocycles. The summed E-state index contributed by atoms with van der Waals surface area (Å²) < 4.78 is 12.6. The molecule has 0 aliphatic carbocycles. The number of nitrogens with zero attached hydrogens (tertiary/aromatic N) is 3. The second-order valence-electron chi connectivity index (χ2n) is 5.69. The largest absolute Gasteiger partial charge is 0.493 e. The Kier molecular flexibility index (Phi) is 5.84. The van der Waals surface area contributed by atoms with E-state index in [9.17, 15) is 4.79 Å². The number of benzene rings is 2. The van der Waals surface area contributed by atoms with Gasteiger partial charge in [-0.1, -0.05) is 24.3 Å². The molecule has 1 heterocycles. The van der Waals surface area contributed by atoms with E-state index >= 15 is 0 Å². The van der Waals surface area contributed by atoms with Crippen LogP contribution in [-0.2, 0) is 4.79 Å². The van der Waals surface area contributed by atoms with Gasteiger partial charge in [0, 0.05) is 18.1 Å². The molecule has 0 saturated carbocycles. The molecule has 7 heteroatoms. The fourth-order valence-electron chi connectivity index (χ4n) is 2.41. The molecule has 0 aliphatic rings. The number of hydrogen-bond donors (Lipinski definition) is 1. The molecule has 0 fully saturated rings. The van der Waals surface area contributed by atoms with Crippen LogP contribution in [0.2, 0.25) is 0 Å². The van der Waals surface area contributed by atoms with E-state index in [1.54, 1.807) is 31.8 Å². The minimum atomic E-state index is -0.352. The van der Waals surface area contributed by atoms with Gasteiger partial charge in [-0.05, 0) is 36.8 Å². The van der Waals surface area contributed by atoms with Crippen molar-refractivity contribution in [2.24, 2.45) is 5.10 Å². The molecule has 0 aliphatic heterocycles. The topological polar surface area (TPSA) is 77.7 Å². The number of carbonyl (C=O) groups excluding carboxylic acids is 1. The molecule has 7 nitrogen and oxygen atoms in total. The number of methoxy groups -OCH3 is 1. The van der Waals surface area contributed by atoms with Crippen LogP contribution in [0, 0.1) is 0 Å². The molecule has 1 N–H and O–H groups in total. The summed E-state index contributed by atoms with van der Waals surface area (Å²) in [5.74, 6) is 0.726. The smallest absolute Gasteiger partial charge is 0.277 e. The normalized spacial score (nSPS) is 11.1. The maximum absolute atomic E-state index is 12.0. The third kappa shape index (κ3) is 4.72. The third-order valence-electron chi connectivity index (χ3n) is 3.86. The second-order valence-corrected chi connectivity index (χ2v) is 5.69. The highest BCUT2D eigenvalue weighted by atomic mass is 16.5. The Balaban J connectivity index is 1.56. The number of amides is 1. The molecule has 0 unspecified atom stereocenters. The molecule has 2 aromatic carbocycles. The van der Waals surface area contributed by atoms with E-state index in [1.165, 1.54) is 0 Å². The van der Waals surface area contributed by atoms with Crippen LogP contribution in [0.15, 0.2) is 72.4 Å². The van der Waals surface area contributed by atoms with Crippen LogP contribution < -0.4 is 14.9 Å². The van der Waals surface area contributed by atoms with E-state index in [2.05, 4.69) is 15.5 Å². The molecule has 27 heavy (non-hydrogen) atoms. The summed E-state index contributed by atoms with van der Waals surface area (Å²) in [5, 5.41) is 4.13. The minimum Gasteiger partial charge on any atom is -0.493 e. The van der Waals surface area contributed by atoms with Crippen LogP contribution in [-0.4, -0.2) is 34.9 Å². The average molecular weight is 364 g/mol. The van der Waals surface area contributed by atoms with E-state index < -0.39 is 0 Å². The second kappa shape index (κ2) is 8.66. The molecular weight excluding hydrogens is 344 g/mol. The lowest BCUT2D eigenvalue weighted by Gasteiger charge is -2.09. The number of nitrogens with one attached hydrogen (secondary N) is 1. The third-order valence-corrected chi connectivity index (χ3v) is 3.86. The monoisotopic (exact) mass is 364 g/mol. The summed E-state index contributed by atoms with van der Waals surface area (Å²) in [5.41, 5.74) is 5.10. The first kappa shape index (κ1) is 18.2. The lowest BCUT2D eigenvalue weighted by atomic mass is 10.1. The van der Waals surface area contributed by atoms with Crippen LogP contribution in [0.4, 0.5) is 0 Å². The van der Waals surface area contributed by atoms with Crippen molar-refractivity contribution in [2.45, 2.75) is 6.92 Å². The molecule has 0 atom stereocenters. The van der Waals surface area contributed by atoms with Crippen molar-refractivity contribution in [1.82, 2.24) is 15.0 Å². The molecule has 3 aromatic rings. The van der Waals surface area contributed by atoms with E-state index in [1.807, 2.05) is 54.1 Å². The molecule has 138 valence electrons. The van der Waals surface area contributed by atoms with E-state index in [4.69, 9.17) is 9.47 Å². The van der Waals surface area contributed by atoms with E-state index in [0.717, 1.165) is 11.3 Å². The lowest BCUT2D eigenvalue weighted by molar-refractivity contribution is -0.123. The summed E-state index contributed by atoms with van der Waals surface area (Å²) in [6, 6.07) is 14.9. The SMILES string of the molecule is COc1ccccc1OCC(=O)N/N=C(\C)c1ccc(-n2ccnc2)cc1. The van der Waals surface area contributed by atoms with Crippen LogP contribution in [0.3, 0.4) is 0 Å². The standard InChI is InChI=1S/C20H20N4O3/c1-15(16-7-9-17(10-8-16)24-12-11-21-14-24)22-23-20(25)13-27-19-6-4-3-5-18(19)26-2/h3-12,14H,13H2,1-2H3,(H,23,25)/b22-15+. The number of imidazole rings is 1. The Morgan fingerprint density at radius 1 is 1.15 bits per heavy atom. The summed E-state index contributed by atoms with van der Waals surface area (Å²) in [6.45, 7) is 1.67. The fourth-order valence-corrected chi connectivity index (χ4v) is 2.41. The van der Waals surface area contributed by atoms with Crippen molar-refractivity contribution in [3.05, 3.63) is 72.8 Å². The number of hydrazone groups is 1. The number of carbonyl (C=O) groups is 1. The van der Waals surface area contributed by atoms with Crippen LogP contribution in [0.25, 0.3) is 5.69 Å². The van der Waals surface area contributed by atoms with E-state index in [-0.39, 0.29) is 12.5 Å². The highest BCUT2D eigenvalue weighted by Gasteiger charge is 2.07. The Labute approximate surface area is 157 Å². The summed E-state index contributed by atoms with van der Waals surface area (Å²) in [6.07, 6.45) is 5.33. The van der Waals surface area contributed by atoms with Crippen LogP contribution in [0.5, 0.6) is 11.5 Å². The van der Waals surface area contributed by atoms with Gasteiger partial charge >= 0.3 is 0 Å². The molecule has 0 bridgehead atoms. The van der Waals surface area contributed by atoms with Gasteiger partial charge in [0.2, 0.25) is 0 Å². The summed E-state index contributed by atoms with van der Waals surface area (Å²) >= 11 is 0. The number of ether oxygens (including phenoxy) is 2. The number of hydrogen-bond acceptors (Lipinski definition) is 5. The first-order valence-corrected chi connectivity index (χ1v) is 8.35. The fraction of sp³-hybridized carbons (Fsp3) is 0.150. The first-order valence-electron chi connectivity index (χ1n) is 8.35. The highest BCUT2D eigenvalue weighted by Crippen LogP contribution is 2.25. The molecule has 0 spiro atoms. The summed E-state index contributed by atoms with van der Waals surface area (Å²) in [7, 11) is 1.55. The maximum Gasteiger partial charge on any atom is 0.277 e. The quantitative estimate of drug-likeness (QED) is 0.517. The Morgan fingerprint density at radius 3 is 2.56 bits per heavy atom. The highest BCUT2D eigenvalue weighted by molar-refractivity contribution is 5.99. The Morgan fingerprint density at radius 2 is 1.89 bits per heavy atom. The predicted molar refractivity (Wildman–Crippen MR) is 102 cm³/mol. The van der Waals surface area contributed by atoms with Gasteiger partial charge < -0.3 is 14.0 Å². The van der Waals surface area contributed by atoms with Crippen molar-refractivity contribution in [3.63, 3.8) is 0 Å². The van der Waals surface area contributed by atoms with Crippen LogP contribution in [0.1, 0.15) is 12.5 Å². The van der Waals surface area contributed by atoms with Gasteiger partial charge in [0.25, 0.3) is 5.91 Å². The molecular formula is C20H20N4O3. The van der Waals surface area contributed by atoms with Crippen molar-refractivity contribution in [1.29, 1.82) is 0 Å². The average Bonchev–Trinajstić information content (AvgIpc) is 3.25. The zero-order valence-electron chi connectivity index (χ0n) is 15.1. The molecule has 1 amide bonds. The van der Waals surface area contributed by atoms with Crippen molar-refractivity contribution < 1.29 is 14.3 Å². The van der Waals surface area contributed by atoms with E-state index in [0.29, 0.717) is 17.2 Å². The zero-order valence-corrected chi connectivity index (χ0v) is 15.1. The van der Waals surface area contributed by atoms with Gasteiger partial charge in [0.1, 0.15) is 0 Å². The first-order chi connectivity index (χ1) is 13.2. The molecule has 0 saturated heterocycles. The molecule has 0 radical (unpaired) electrons. The van der Waals surface area contributed by atoms with Crippen molar-refractivity contribution in [3.8, 4) is 17.2 Å². The Bertz CT molecular complexity index is 919. The Hall–Kier alpha value is -3.61. The van der Waals surface area contributed by atoms with Gasteiger partial charge in [-0.2, -0.15) is 5.10 Å². The maximum atomic E-state index is 12.0. The predicted octanol–water partition coefficient (Wildman–Crippen LogP) is 2.80. The lowest BCUT2D eigenvalue weighted by Crippen LogP contribution is -2.25. The van der Waals surface area contributed by atoms with Gasteiger partial charge in [0.15, 0.2) is 18.1 Å². The summed E-state index contributed by atoms with van der Waals surface area (Å²) in [4.78, 5) is 16.0. The number of rotatable bonds is 7. The van der Waals surface area contributed by atoms with Crippen molar-refractivity contribution in [2.75, 3.05) is 13.7 Å². The van der Waals surface area contributed by atoms with Gasteiger partial charge in [-0.25, -0.2) is 10.4 Å². The van der Waals surface area contributed by atoms with Gasteiger partial charge in [0.05, 0.1) is 19.1 Å².